The lowest BCUT2D eigenvalue weighted by atomic mass is 9.84. The van der Waals surface area contributed by atoms with Crippen LogP contribution in [0.5, 0.6) is 11.5 Å². The van der Waals surface area contributed by atoms with E-state index in [2.05, 4.69) is 9.80 Å². The normalized spacial score (nSPS) is 29.6. The summed E-state index contributed by atoms with van der Waals surface area (Å²) < 4.78 is 25.9. The van der Waals surface area contributed by atoms with E-state index in [-0.39, 0.29) is 12.4 Å². The Hall–Kier alpha value is -1.17. The van der Waals surface area contributed by atoms with E-state index < -0.39 is 6.75 Å². The fourth-order valence-electron chi connectivity index (χ4n) is 4.10. The largest absolute Gasteiger partial charge is 0.454 e. The molecule has 0 radical (unpaired) electrons. The summed E-state index contributed by atoms with van der Waals surface area (Å²) in [6, 6.07) is 6.08. The molecule has 1 saturated heterocycles. The van der Waals surface area contributed by atoms with Crippen molar-refractivity contribution in [2.45, 2.75) is 38.1 Å². The molecule has 0 aromatic heterocycles. The second kappa shape index (κ2) is 8.47. The molecule has 0 amide bonds. The van der Waals surface area contributed by atoms with Gasteiger partial charge >= 0.3 is 0 Å². The molecule has 2 heterocycles. The van der Waals surface area contributed by atoms with Crippen LogP contribution < -0.4 is 20.1 Å². The highest BCUT2D eigenvalue weighted by Gasteiger charge is 2.25. The molecule has 0 unspecified atom stereocenters. The molecule has 3 aliphatic rings. The van der Waals surface area contributed by atoms with Gasteiger partial charge in [-0.2, -0.15) is 0 Å². The van der Waals surface area contributed by atoms with Gasteiger partial charge in [0.2, 0.25) is 6.75 Å². The molecule has 1 saturated carbocycles. The molecule has 0 bridgehead atoms. The van der Waals surface area contributed by atoms with Crippen LogP contribution in [0.3, 0.4) is 0 Å². The Morgan fingerprint density at radius 2 is 1.84 bits per heavy atom. The van der Waals surface area contributed by atoms with Gasteiger partial charge in [-0.1, -0.05) is 6.07 Å². The molecule has 2 N–H and O–H groups in total. The van der Waals surface area contributed by atoms with Gasteiger partial charge in [0.15, 0.2) is 11.5 Å². The molecule has 1 aliphatic carbocycles. The summed E-state index contributed by atoms with van der Waals surface area (Å²) in [4.78, 5) is 4.82. The Kier molecular flexibility index (Phi) is 5.44. The number of nitrogens with zero attached hydrogens (tertiary/aromatic N) is 2. The number of ether oxygens (including phenoxy) is 2. The summed E-state index contributed by atoms with van der Waals surface area (Å²) in [6.07, 6.45) is 6.23. The zero-order valence-electron chi connectivity index (χ0n) is 16.7. The molecule has 6 heteroatoms. The van der Waals surface area contributed by atoms with Crippen LogP contribution in [0.25, 0.3) is 0 Å². The molecule has 1 aromatic carbocycles. The van der Waals surface area contributed by atoms with Gasteiger partial charge in [-0.25, -0.2) is 0 Å². The monoisotopic (exact) mass is 369 g/mol. The Morgan fingerprint density at radius 1 is 1.08 bits per heavy atom. The van der Waals surface area contributed by atoms with Crippen LogP contribution in [0.4, 0.5) is 5.69 Å². The van der Waals surface area contributed by atoms with Crippen molar-refractivity contribution in [3.8, 4) is 11.5 Å². The van der Waals surface area contributed by atoms with Crippen LogP contribution >= 0.6 is 12.4 Å². The minimum Gasteiger partial charge on any atom is -0.454 e. The Labute approximate surface area is 159 Å². The number of fused-ring (bicyclic) bond motifs is 1. The maximum atomic E-state index is 7.67. The number of rotatable bonds is 4. The Bertz CT molecular complexity index is 633. The van der Waals surface area contributed by atoms with Crippen LogP contribution in [0.15, 0.2) is 18.2 Å². The lowest BCUT2D eigenvalue weighted by Crippen LogP contribution is -2.47. The number of benzene rings is 1. The second-order valence-corrected chi connectivity index (χ2v) is 7.29. The van der Waals surface area contributed by atoms with Crippen LogP contribution in [0, 0.1) is 5.92 Å². The molecular formula is C19H30ClN3O2. The number of halogens is 1. The summed E-state index contributed by atoms with van der Waals surface area (Å²) in [5.41, 5.74) is 6.94. The van der Waals surface area contributed by atoms with Crippen LogP contribution in [-0.2, 0) is 0 Å². The van der Waals surface area contributed by atoms with Crippen molar-refractivity contribution in [2.75, 3.05) is 44.4 Å². The number of para-hydroxylation sites is 1. The zero-order chi connectivity index (χ0) is 18.1. The molecule has 4 rings (SSSR count). The van der Waals surface area contributed by atoms with E-state index in [1.807, 2.05) is 12.1 Å². The van der Waals surface area contributed by atoms with Crippen molar-refractivity contribution < 1.29 is 12.2 Å². The summed E-state index contributed by atoms with van der Waals surface area (Å²) in [5, 5.41) is 0. The van der Waals surface area contributed by atoms with Gasteiger partial charge in [0, 0.05) is 32.2 Å². The van der Waals surface area contributed by atoms with Crippen molar-refractivity contribution in [2.24, 2.45) is 11.7 Å². The number of anilines is 1. The van der Waals surface area contributed by atoms with Gasteiger partial charge < -0.3 is 20.1 Å². The smallest absolute Gasteiger partial charge is 0.231 e. The standard InChI is InChI=1S/C19H29N3O2.ClH/c20-16-6-4-15(5-7-16)8-9-21-10-12-22(13-11-21)17-2-1-3-18-19(17)24-14-23-18;/h1-3,15-16H,4-14,20H2;1H/i14D2;. The van der Waals surface area contributed by atoms with Gasteiger partial charge in [-0.15, -0.1) is 12.4 Å². The lowest BCUT2D eigenvalue weighted by Gasteiger charge is -2.37. The van der Waals surface area contributed by atoms with Gasteiger partial charge in [-0.05, 0) is 56.7 Å². The van der Waals surface area contributed by atoms with E-state index in [9.17, 15) is 0 Å². The van der Waals surface area contributed by atoms with Crippen LogP contribution in [-0.4, -0.2) is 50.4 Å². The molecule has 0 spiro atoms. The first-order valence-corrected chi connectivity index (χ1v) is 9.24. The highest BCUT2D eigenvalue weighted by Crippen LogP contribution is 2.41. The van der Waals surface area contributed by atoms with Crippen molar-refractivity contribution in [3.63, 3.8) is 0 Å². The highest BCUT2D eigenvalue weighted by atomic mass is 35.5. The third-order valence-electron chi connectivity index (χ3n) is 5.71. The molecule has 2 fully saturated rings. The third kappa shape index (κ3) is 4.33. The van der Waals surface area contributed by atoms with Crippen LogP contribution in [0.1, 0.15) is 34.8 Å². The Balaban J connectivity index is 0.00000210. The zero-order valence-corrected chi connectivity index (χ0v) is 15.5. The molecule has 1 aromatic rings. The first-order chi connectivity index (χ1) is 12.5. The number of nitrogens with two attached hydrogens (primary N) is 1. The highest BCUT2D eigenvalue weighted by molar-refractivity contribution is 5.85. The van der Waals surface area contributed by atoms with E-state index in [0.717, 1.165) is 37.8 Å². The van der Waals surface area contributed by atoms with E-state index in [0.29, 0.717) is 17.5 Å². The number of hydrogen-bond donors (Lipinski definition) is 1. The predicted molar refractivity (Wildman–Crippen MR) is 103 cm³/mol. The van der Waals surface area contributed by atoms with E-state index in [1.165, 1.54) is 38.6 Å². The van der Waals surface area contributed by atoms with Gasteiger partial charge in [-0.3, -0.25) is 4.90 Å². The van der Waals surface area contributed by atoms with E-state index in [1.54, 1.807) is 6.07 Å². The summed E-state index contributed by atoms with van der Waals surface area (Å²) in [7, 11) is 0. The van der Waals surface area contributed by atoms with Crippen molar-refractivity contribution in [1.29, 1.82) is 0 Å². The van der Waals surface area contributed by atoms with Gasteiger partial charge in [0.25, 0.3) is 0 Å². The third-order valence-corrected chi connectivity index (χ3v) is 5.71. The van der Waals surface area contributed by atoms with Crippen molar-refractivity contribution >= 4 is 18.1 Å². The first kappa shape index (κ1) is 16.0. The fraction of sp³-hybridized carbons (Fsp3) is 0.684. The minimum absolute atomic E-state index is 0. The quantitative estimate of drug-likeness (QED) is 0.884. The van der Waals surface area contributed by atoms with Gasteiger partial charge in [0.05, 0.1) is 5.69 Å². The van der Waals surface area contributed by atoms with Crippen molar-refractivity contribution in [1.82, 2.24) is 4.90 Å². The predicted octanol–water partition coefficient (Wildman–Crippen LogP) is 2.87. The molecule has 2 aliphatic heterocycles. The average Bonchev–Trinajstić information content (AvgIpc) is 2.95. The minimum atomic E-state index is -2.07. The maximum absolute atomic E-state index is 7.67. The average molecular weight is 370 g/mol. The topological polar surface area (TPSA) is 51.0 Å². The summed E-state index contributed by atoms with van der Waals surface area (Å²) in [5.74, 6) is 1.87. The van der Waals surface area contributed by atoms with Crippen molar-refractivity contribution in [3.05, 3.63) is 18.2 Å². The summed E-state index contributed by atoms with van der Waals surface area (Å²) in [6.45, 7) is 3.02. The Morgan fingerprint density at radius 3 is 2.60 bits per heavy atom. The summed E-state index contributed by atoms with van der Waals surface area (Å²) >= 11 is 0. The molecule has 140 valence electrons. The van der Waals surface area contributed by atoms with Gasteiger partial charge in [0.1, 0.15) is 2.74 Å². The number of hydrogen-bond acceptors (Lipinski definition) is 5. The van der Waals surface area contributed by atoms with E-state index in [4.69, 9.17) is 17.9 Å². The number of piperazine rings is 1. The maximum Gasteiger partial charge on any atom is 0.231 e. The fourth-order valence-corrected chi connectivity index (χ4v) is 4.10. The SMILES string of the molecule is Cl.[2H]C1([2H])Oc2cccc(N3CCN(CCC4CCC(N)CC4)CC3)c2O1. The molecule has 25 heavy (non-hydrogen) atoms. The molecular weight excluding hydrogens is 338 g/mol. The van der Waals surface area contributed by atoms with Crippen LogP contribution in [0.2, 0.25) is 0 Å². The second-order valence-electron chi connectivity index (χ2n) is 7.29. The molecule has 5 nitrogen and oxygen atoms in total. The van der Waals surface area contributed by atoms with E-state index >= 15 is 0 Å². The lowest BCUT2D eigenvalue weighted by molar-refractivity contribution is 0.173. The first-order valence-electron chi connectivity index (χ1n) is 10.2. The molecule has 0 atom stereocenters.